The summed E-state index contributed by atoms with van der Waals surface area (Å²) >= 11 is 0. The van der Waals surface area contributed by atoms with Crippen LogP contribution in [0.2, 0.25) is 0 Å². The van der Waals surface area contributed by atoms with Crippen LogP contribution < -0.4 is 15.8 Å². The highest BCUT2D eigenvalue weighted by atomic mass is 32.2. The average molecular weight is 439 g/mol. The molecule has 0 radical (unpaired) electrons. The van der Waals surface area contributed by atoms with E-state index in [-0.39, 0.29) is 23.4 Å². The van der Waals surface area contributed by atoms with Gasteiger partial charge in [-0.1, -0.05) is 48.5 Å². The van der Waals surface area contributed by atoms with Crippen molar-refractivity contribution in [2.75, 3.05) is 10.0 Å². The highest BCUT2D eigenvalue weighted by Crippen LogP contribution is 2.31. The van der Waals surface area contributed by atoms with Gasteiger partial charge in [0.05, 0.1) is 10.6 Å². The first-order valence-corrected chi connectivity index (χ1v) is 10.8. The van der Waals surface area contributed by atoms with E-state index in [1.807, 2.05) is 30.3 Å². The first kappa shape index (κ1) is 21.8. The molecule has 0 saturated carbocycles. The lowest BCUT2D eigenvalue weighted by molar-refractivity contribution is -0.136. The molecule has 8 nitrogen and oxygen atoms in total. The minimum atomic E-state index is -4.01. The molecule has 3 rings (SSSR count). The van der Waals surface area contributed by atoms with Crippen molar-refractivity contribution >= 4 is 33.4 Å². The summed E-state index contributed by atoms with van der Waals surface area (Å²) < 4.78 is 28.7. The van der Waals surface area contributed by atoms with Crippen molar-refractivity contribution < 1.29 is 23.1 Å². The number of nitrogens with two attached hydrogens (primary N) is 1. The molecule has 0 saturated heterocycles. The van der Waals surface area contributed by atoms with Gasteiger partial charge in [0.1, 0.15) is 0 Å². The third-order valence-electron chi connectivity index (χ3n) is 4.45. The molecule has 2 amide bonds. The molecule has 31 heavy (non-hydrogen) atoms. The van der Waals surface area contributed by atoms with Crippen LogP contribution in [-0.4, -0.2) is 25.5 Å². The number of anilines is 2. The number of carboxylic acids is 1. The predicted molar refractivity (Wildman–Crippen MR) is 118 cm³/mol. The quantitative estimate of drug-likeness (QED) is 0.424. The van der Waals surface area contributed by atoms with E-state index in [0.717, 1.165) is 5.56 Å². The van der Waals surface area contributed by atoms with Crippen LogP contribution in [0.25, 0.3) is 11.1 Å². The van der Waals surface area contributed by atoms with Crippen molar-refractivity contribution in [3.63, 3.8) is 0 Å². The number of amides is 2. The van der Waals surface area contributed by atoms with Crippen molar-refractivity contribution in [3.05, 3.63) is 78.4 Å². The van der Waals surface area contributed by atoms with Crippen LogP contribution in [0, 0.1) is 0 Å². The Morgan fingerprint density at radius 3 is 2.35 bits per heavy atom. The van der Waals surface area contributed by atoms with E-state index < -0.39 is 22.0 Å². The fourth-order valence-electron chi connectivity index (χ4n) is 3.04. The number of aliphatic carboxylic acids is 1. The highest BCUT2D eigenvalue weighted by Gasteiger charge is 2.18. The van der Waals surface area contributed by atoms with Crippen molar-refractivity contribution in [2.45, 2.75) is 17.7 Å². The number of carboxylic acid groups (broad SMARTS) is 1. The van der Waals surface area contributed by atoms with Gasteiger partial charge in [0.2, 0.25) is 0 Å². The number of rotatable bonds is 8. The number of sulfonamides is 1. The molecule has 9 heteroatoms. The van der Waals surface area contributed by atoms with Crippen molar-refractivity contribution in [3.8, 4) is 11.1 Å². The van der Waals surface area contributed by atoms with Crippen LogP contribution >= 0.6 is 0 Å². The third-order valence-corrected chi connectivity index (χ3v) is 5.82. The molecule has 0 heterocycles. The van der Waals surface area contributed by atoms with Crippen LogP contribution in [0.3, 0.4) is 0 Å². The Bertz CT molecular complexity index is 1210. The third kappa shape index (κ3) is 5.83. The van der Waals surface area contributed by atoms with E-state index in [0.29, 0.717) is 16.8 Å². The van der Waals surface area contributed by atoms with Crippen LogP contribution in [0.15, 0.2) is 77.7 Å². The van der Waals surface area contributed by atoms with Gasteiger partial charge in [-0.3, -0.25) is 9.52 Å². The first-order valence-electron chi connectivity index (χ1n) is 9.34. The molecule has 0 aliphatic carbocycles. The Morgan fingerprint density at radius 2 is 1.68 bits per heavy atom. The zero-order valence-electron chi connectivity index (χ0n) is 16.4. The predicted octanol–water partition coefficient (Wildman–Crippen LogP) is 3.66. The maximum atomic E-state index is 13.1. The van der Waals surface area contributed by atoms with Gasteiger partial charge in [0, 0.05) is 17.7 Å². The molecule has 0 bridgehead atoms. The molecule has 0 unspecified atom stereocenters. The number of benzene rings is 3. The summed E-state index contributed by atoms with van der Waals surface area (Å²) in [4.78, 5) is 21.9. The standard InChI is InChI=1S/C22H21N3O5S/c23-22(28)24-17-7-4-8-18(14-17)31(29,30)25-20-13-15(10-12-21(26)27)9-11-19(20)16-5-2-1-3-6-16/h1-9,11,13-14,25H,10,12H2,(H,26,27)(H3,23,24,28). The number of carbonyl (C=O) groups excluding carboxylic acids is 1. The van der Waals surface area contributed by atoms with Crippen molar-refractivity contribution in [1.29, 1.82) is 0 Å². The number of urea groups is 1. The number of primary amides is 1. The van der Waals surface area contributed by atoms with E-state index in [9.17, 15) is 18.0 Å². The smallest absolute Gasteiger partial charge is 0.316 e. The summed E-state index contributed by atoms with van der Waals surface area (Å²) in [5.41, 5.74) is 7.80. The van der Waals surface area contributed by atoms with Gasteiger partial charge in [-0.05, 0) is 41.8 Å². The van der Waals surface area contributed by atoms with Gasteiger partial charge >= 0.3 is 12.0 Å². The van der Waals surface area contributed by atoms with Gasteiger partial charge in [0.25, 0.3) is 10.0 Å². The van der Waals surface area contributed by atoms with Crippen LogP contribution in [-0.2, 0) is 21.2 Å². The minimum absolute atomic E-state index is 0.0614. The van der Waals surface area contributed by atoms with Gasteiger partial charge in [0.15, 0.2) is 0 Å². The minimum Gasteiger partial charge on any atom is -0.481 e. The summed E-state index contributed by atoms with van der Waals surface area (Å²) in [6, 6.07) is 19.3. The van der Waals surface area contributed by atoms with E-state index in [1.54, 1.807) is 18.2 Å². The lowest BCUT2D eigenvalue weighted by atomic mass is 10.00. The largest absolute Gasteiger partial charge is 0.481 e. The monoisotopic (exact) mass is 439 g/mol. The van der Waals surface area contributed by atoms with E-state index in [2.05, 4.69) is 10.0 Å². The molecule has 0 aliphatic rings. The molecule has 0 aromatic heterocycles. The molecule has 3 aromatic carbocycles. The Hall–Kier alpha value is -3.85. The lowest BCUT2D eigenvalue weighted by Crippen LogP contribution is -2.20. The zero-order valence-corrected chi connectivity index (χ0v) is 17.2. The van der Waals surface area contributed by atoms with E-state index in [1.165, 1.54) is 24.3 Å². The Labute approximate surface area is 179 Å². The second-order valence-electron chi connectivity index (χ2n) is 6.76. The summed E-state index contributed by atoms with van der Waals surface area (Å²) in [6.07, 6.45) is 0.189. The molecule has 5 N–H and O–H groups in total. The SMILES string of the molecule is NC(=O)Nc1cccc(S(=O)(=O)Nc2cc(CCC(=O)O)ccc2-c2ccccc2)c1. The normalized spacial score (nSPS) is 11.0. The molecule has 160 valence electrons. The average Bonchev–Trinajstić information content (AvgIpc) is 2.72. The van der Waals surface area contributed by atoms with Crippen molar-refractivity contribution in [2.24, 2.45) is 5.73 Å². The number of hydrogen-bond donors (Lipinski definition) is 4. The molecular formula is C22H21N3O5S. The number of aryl methyl sites for hydroxylation is 1. The molecule has 0 spiro atoms. The van der Waals surface area contributed by atoms with Crippen LogP contribution in [0.4, 0.5) is 16.2 Å². The van der Waals surface area contributed by atoms with Gasteiger partial charge < -0.3 is 16.2 Å². The maximum absolute atomic E-state index is 13.1. The first-order chi connectivity index (χ1) is 14.7. The zero-order chi connectivity index (χ0) is 22.4. The molecule has 0 atom stereocenters. The molecular weight excluding hydrogens is 418 g/mol. The summed E-state index contributed by atoms with van der Waals surface area (Å²) in [5, 5.41) is 11.3. The molecule has 0 fully saturated rings. The molecule has 3 aromatic rings. The fourth-order valence-corrected chi connectivity index (χ4v) is 4.16. The second-order valence-corrected chi connectivity index (χ2v) is 8.44. The fraction of sp³-hybridized carbons (Fsp3) is 0.0909. The van der Waals surface area contributed by atoms with Gasteiger partial charge in [-0.15, -0.1) is 0 Å². The topological polar surface area (TPSA) is 139 Å². The van der Waals surface area contributed by atoms with Crippen molar-refractivity contribution in [1.82, 2.24) is 0 Å². The summed E-state index contributed by atoms with van der Waals surface area (Å²) in [7, 11) is -4.01. The van der Waals surface area contributed by atoms with Crippen LogP contribution in [0.1, 0.15) is 12.0 Å². The Kier molecular flexibility index (Phi) is 6.56. The van der Waals surface area contributed by atoms with Gasteiger partial charge in [-0.25, -0.2) is 13.2 Å². The van der Waals surface area contributed by atoms with Gasteiger partial charge in [-0.2, -0.15) is 0 Å². The summed E-state index contributed by atoms with van der Waals surface area (Å²) in [5.74, 6) is -0.937. The summed E-state index contributed by atoms with van der Waals surface area (Å²) in [6.45, 7) is 0. The number of nitrogens with one attached hydrogen (secondary N) is 2. The number of hydrogen-bond acceptors (Lipinski definition) is 4. The highest BCUT2D eigenvalue weighted by molar-refractivity contribution is 7.92. The Morgan fingerprint density at radius 1 is 0.935 bits per heavy atom. The van der Waals surface area contributed by atoms with E-state index in [4.69, 9.17) is 10.8 Å². The van der Waals surface area contributed by atoms with E-state index >= 15 is 0 Å². The van der Waals surface area contributed by atoms with Crippen LogP contribution in [0.5, 0.6) is 0 Å². The second kappa shape index (κ2) is 9.31. The maximum Gasteiger partial charge on any atom is 0.316 e. The Balaban J connectivity index is 2.00. The molecule has 0 aliphatic heterocycles. The number of carbonyl (C=O) groups is 2. The lowest BCUT2D eigenvalue weighted by Gasteiger charge is -2.15.